The van der Waals surface area contributed by atoms with Gasteiger partial charge in [0.15, 0.2) is 6.29 Å². The van der Waals surface area contributed by atoms with Gasteiger partial charge in [0, 0.05) is 12.8 Å². The summed E-state index contributed by atoms with van der Waals surface area (Å²) in [5, 5.41) is 0. The molecule has 3 aromatic carbocycles. The standard InChI is InChI=1S/C39H48O8/c1-25-26(2)35(42-21-30-16-10-6-11-17-30)38(46-32(25)23-41-20-29-14-8-5-9-15-29)36(45-28(4)40)34-27(3)33-24-44-39(47-33)37(34)43-22-31-18-12-7-13-19-31/h5-19,25-27,32-39H,20-24H2,1-4H3/t25-,26-,27+,32+,33-,34+,35-,36-,37-,38?,39-/m0/s1. The lowest BCUT2D eigenvalue weighted by atomic mass is 9.73. The molecule has 6 rings (SSSR count). The Bertz CT molecular complexity index is 1390. The summed E-state index contributed by atoms with van der Waals surface area (Å²) < 4.78 is 45.4. The van der Waals surface area contributed by atoms with E-state index in [9.17, 15) is 4.79 Å². The molecule has 8 nitrogen and oxygen atoms in total. The van der Waals surface area contributed by atoms with E-state index in [1.807, 2.05) is 66.7 Å². The number of hydrogen-bond donors (Lipinski definition) is 0. The predicted molar refractivity (Wildman–Crippen MR) is 176 cm³/mol. The molecule has 1 unspecified atom stereocenters. The molecule has 252 valence electrons. The van der Waals surface area contributed by atoms with Gasteiger partial charge >= 0.3 is 5.97 Å². The maximum absolute atomic E-state index is 12.9. The van der Waals surface area contributed by atoms with Gasteiger partial charge in [0.25, 0.3) is 0 Å². The molecule has 11 atom stereocenters. The third-order valence-electron chi connectivity index (χ3n) is 10.1. The number of benzene rings is 3. The Hall–Kier alpha value is -3.11. The van der Waals surface area contributed by atoms with Crippen molar-refractivity contribution < 1.29 is 38.0 Å². The van der Waals surface area contributed by atoms with Crippen LogP contribution in [-0.4, -0.2) is 62.1 Å². The first kappa shape index (κ1) is 33.8. The van der Waals surface area contributed by atoms with E-state index in [1.54, 1.807) is 0 Å². The van der Waals surface area contributed by atoms with Crippen LogP contribution in [0.15, 0.2) is 91.0 Å². The van der Waals surface area contributed by atoms with Gasteiger partial charge in [-0.05, 0) is 34.4 Å². The third-order valence-corrected chi connectivity index (χ3v) is 10.1. The maximum atomic E-state index is 12.9. The fraction of sp³-hybridized carbons (Fsp3) is 0.513. The molecule has 0 radical (unpaired) electrons. The van der Waals surface area contributed by atoms with E-state index in [1.165, 1.54) is 6.92 Å². The molecule has 47 heavy (non-hydrogen) atoms. The van der Waals surface area contributed by atoms with Crippen LogP contribution in [0, 0.1) is 23.7 Å². The second kappa shape index (κ2) is 15.9. The van der Waals surface area contributed by atoms with Crippen molar-refractivity contribution in [1.82, 2.24) is 0 Å². The molecule has 0 amide bonds. The summed E-state index contributed by atoms with van der Waals surface area (Å²) in [7, 11) is 0. The monoisotopic (exact) mass is 644 g/mol. The van der Waals surface area contributed by atoms with Gasteiger partial charge in [-0.2, -0.15) is 0 Å². The zero-order chi connectivity index (χ0) is 32.8. The van der Waals surface area contributed by atoms with E-state index in [0.717, 1.165) is 16.7 Å². The zero-order valence-electron chi connectivity index (χ0n) is 27.8. The Kier molecular flexibility index (Phi) is 11.4. The van der Waals surface area contributed by atoms with Crippen molar-refractivity contribution in [2.24, 2.45) is 23.7 Å². The van der Waals surface area contributed by atoms with Gasteiger partial charge in [-0.1, -0.05) is 112 Å². The van der Waals surface area contributed by atoms with Gasteiger partial charge in [-0.3, -0.25) is 4.79 Å². The first-order valence-corrected chi connectivity index (χ1v) is 16.9. The van der Waals surface area contributed by atoms with Crippen molar-refractivity contribution in [3.8, 4) is 0 Å². The summed E-state index contributed by atoms with van der Waals surface area (Å²) in [6.07, 6.45) is -3.06. The van der Waals surface area contributed by atoms with Crippen molar-refractivity contribution in [2.75, 3.05) is 13.2 Å². The van der Waals surface area contributed by atoms with Crippen LogP contribution in [0.5, 0.6) is 0 Å². The summed E-state index contributed by atoms with van der Waals surface area (Å²) in [5.41, 5.74) is 3.21. The minimum Gasteiger partial charge on any atom is -0.459 e. The fourth-order valence-corrected chi connectivity index (χ4v) is 7.29. The number of fused-ring (bicyclic) bond motifs is 2. The van der Waals surface area contributed by atoms with Gasteiger partial charge in [-0.15, -0.1) is 0 Å². The molecule has 3 fully saturated rings. The molecule has 0 spiro atoms. The van der Waals surface area contributed by atoms with E-state index >= 15 is 0 Å². The van der Waals surface area contributed by atoms with Crippen LogP contribution >= 0.6 is 0 Å². The number of hydrogen-bond acceptors (Lipinski definition) is 8. The fourth-order valence-electron chi connectivity index (χ4n) is 7.29. The van der Waals surface area contributed by atoms with E-state index in [2.05, 4.69) is 45.0 Å². The zero-order valence-corrected chi connectivity index (χ0v) is 27.8. The largest absolute Gasteiger partial charge is 0.459 e. The number of carbonyl (C=O) groups is 1. The Morgan fingerprint density at radius 2 is 1.28 bits per heavy atom. The molecule has 0 N–H and O–H groups in total. The van der Waals surface area contributed by atoms with Gasteiger partial charge in [-0.25, -0.2) is 0 Å². The van der Waals surface area contributed by atoms with Crippen molar-refractivity contribution >= 4 is 5.97 Å². The Morgan fingerprint density at radius 3 is 1.85 bits per heavy atom. The molecule has 3 aliphatic rings. The first-order chi connectivity index (χ1) is 22.9. The highest BCUT2D eigenvalue weighted by atomic mass is 16.7. The van der Waals surface area contributed by atoms with E-state index in [4.69, 9.17) is 33.2 Å². The lowest BCUT2D eigenvalue weighted by Gasteiger charge is -2.51. The van der Waals surface area contributed by atoms with E-state index < -0.39 is 24.6 Å². The highest BCUT2D eigenvalue weighted by Crippen LogP contribution is 2.45. The van der Waals surface area contributed by atoms with Gasteiger partial charge in [0.05, 0.1) is 51.3 Å². The Balaban J connectivity index is 1.30. The number of rotatable bonds is 13. The van der Waals surface area contributed by atoms with Crippen molar-refractivity contribution in [3.05, 3.63) is 108 Å². The van der Waals surface area contributed by atoms with Crippen LogP contribution < -0.4 is 0 Å². The smallest absolute Gasteiger partial charge is 0.303 e. The number of ether oxygens (including phenoxy) is 7. The van der Waals surface area contributed by atoms with Crippen LogP contribution in [0.4, 0.5) is 0 Å². The normalized spacial score (nSPS) is 32.5. The van der Waals surface area contributed by atoms with Crippen molar-refractivity contribution in [2.45, 2.75) is 90.4 Å². The van der Waals surface area contributed by atoms with Crippen LogP contribution in [0.25, 0.3) is 0 Å². The summed E-state index contributed by atoms with van der Waals surface area (Å²) >= 11 is 0. The molecule has 3 heterocycles. The molecule has 3 aliphatic heterocycles. The van der Waals surface area contributed by atoms with Gasteiger partial charge in [0.1, 0.15) is 18.3 Å². The summed E-state index contributed by atoms with van der Waals surface area (Å²) in [6.45, 7) is 10.1. The molecule has 0 aromatic heterocycles. The molecular formula is C39H48O8. The quantitative estimate of drug-likeness (QED) is 0.199. The summed E-state index contributed by atoms with van der Waals surface area (Å²) in [5.74, 6) is -0.490. The van der Waals surface area contributed by atoms with Crippen molar-refractivity contribution in [1.29, 1.82) is 0 Å². The van der Waals surface area contributed by atoms with Gasteiger partial charge in [0.2, 0.25) is 0 Å². The lowest BCUT2D eigenvalue weighted by Crippen LogP contribution is -2.62. The molecule has 0 saturated carbocycles. The molecular weight excluding hydrogens is 596 g/mol. The Labute approximate surface area is 278 Å². The summed E-state index contributed by atoms with van der Waals surface area (Å²) in [6, 6.07) is 30.3. The van der Waals surface area contributed by atoms with Crippen LogP contribution in [-0.2, 0) is 57.8 Å². The van der Waals surface area contributed by atoms with Gasteiger partial charge < -0.3 is 33.2 Å². The molecule has 2 bridgehead atoms. The second-order valence-electron chi connectivity index (χ2n) is 13.3. The molecule has 0 aliphatic carbocycles. The third kappa shape index (κ3) is 8.13. The molecule has 3 aromatic rings. The van der Waals surface area contributed by atoms with E-state index in [0.29, 0.717) is 33.0 Å². The topological polar surface area (TPSA) is 81.7 Å². The van der Waals surface area contributed by atoms with Crippen molar-refractivity contribution in [3.63, 3.8) is 0 Å². The highest BCUT2D eigenvalue weighted by Gasteiger charge is 2.57. The Morgan fingerprint density at radius 1 is 0.723 bits per heavy atom. The average molecular weight is 645 g/mol. The lowest BCUT2D eigenvalue weighted by molar-refractivity contribution is -0.274. The SMILES string of the molecule is CC(=O)O[C@H](C1O[C@H](COCc2ccccc2)[C@@H](C)[C@H](C)[C@@H]1OCc1ccccc1)[C@H]1[C@H](C)[C@@H]2CO[C@@H](O2)[C@H]1OCc1ccccc1. The summed E-state index contributed by atoms with van der Waals surface area (Å²) in [4.78, 5) is 12.9. The van der Waals surface area contributed by atoms with E-state index in [-0.39, 0.29) is 48.0 Å². The number of carbonyl (C=O) groups excluding carboxylic acids is 1. The minimum atomic E-state index is -0.675. The van der Waals surface area contributed by atoms with Crippen LogP contribution in [0.2, 0.25) is 0 Å². The van der Waals surface area contributed by atoms with Crippen LogP contribution in [0.3, 0.4) is 0 Å². The highest BCUT2D eigenvalue weighted by molar-refractivity contribution is 5.66. The molecule has 3 saturated heterocycles. The molecule has 8 heteroatoms. The first-order valence-electron chi connectivity index (χ1n) is 16.9. The second-order valence-corrected chi connectivity index (χ2v) is 13.3. The average Bonchev–Trinajstić information content (AvgIpc) is 3.54. The predicted octanol–water partition coefficient (Wildman–Crippen LogP) is 6.35. The maximum Gasteiger partial charge on any atom is 0.303 e. The number of esters is 1. The van der Waals surface area contributed by atoms with Crippen LogP contribution in [0.1, 0.15) is 44.4 Å². The minimum absolute atomic E-state index is 0.0420.